The van der Waals surface area contributed by atoms with Gasteiger partial charge in [0, 0.05) is 13.2 Å². The van der Waals surface area contributed by atoms with Gasteiger partial charge in [-0.1, -0.05) is 19.3 Å². The van der Waals surface area contributed by atoms with Crippen LogP contribution in [0.1, 0.15) is 43.4 Å². The molecule has 78 valence electrons. The van der Waals surface area contributed by atoms with Gasteiger partial charge in [-0.15, -0.1) is 0 Å². The van der Waals surface area contributed by atoms with Crippen molar-refractivity contribution in [1.82, 2.24) is 9.78 Å². The van der Waals surface area contributed by atoms with Crippen LogP contribution in [0.5, 0.6) is 0 Å². The summed E-state index contributed by atoms with van der Waals surface area (Å²) in [6.07, 6.45) is 8.04. The Labute approximate surface area is 85.3 Å². The van der Waals surface area contributed by atoms with E-state index in [0.717, 1.165) is 18.5 Å². The summed E-state index contributed by atoms with van der Waals surface area (Å²) in [5, 5.41) is 4.50. The smallest absolute Gasteiger partial charge is 0.0852 e. The van der Waals surface area contributed by atoms with Gasteiger partial charge in [-0.3, -0.25) is 4.68 Å². The molecule has 2 N–H and O–H groups in total. The molecule has 0 bridgehead atoms. The fourth-order valence-corrected chi connectivity index (χ4v) is 2.52. The third-order valence-corrected chi connectivity index (χ3v) is 3.23. The van der Waals surface area contributed by atoms with Crippen LogP contribution >= 0.6 is 0 Å². The molecule has 1 heterocycles. The van der Waals surface area contributed by atoms with Crippen molar-refractivity contribution < 1.29 is 0 Å². The van der Waals surface area contributed by atoms with Gasteiger partial charge in [-0.05, 0) is 25.3 Å². The molecule has 14 heavy (non-hydrogen) atoms. The first-order valence-corrected chi connectivity index (χ1v) is 5.41. The van der Waals surface area contributed by atoms with Crippen LogP contribution in [0.4, 0.5) is 0 Å². The van der Waals surface area contributed by atoms with Crippen LogP contribution in [0.3, 0.4) is 0 Å². The average Bonchev–Trinajstić information content (AvgIpc) is 2.47. The first-order chi connectivity index (χ1) is 6.62. The zero-order valence-electron chi connectivity index (χ0n) is 9.08. The van der Waals surface area contributed by atoms with Crippen LogP contribution in [0.15, 0.2) is 6.20 Å². The number of aryl methyl sites for hydroxylation is 2. The van der Waals surface area contributed by atoms with Crippen LogP contribution in [0, 0.1) is 6.92 Å². The molecule has 1 aromatic heterocycles. The Hall–Kier alpha value is -0.830. The van der Waals surface area contributed by atoms with Gasteiger partial charge in [0.25, 0.3) is 0 Å². The highest BCUT2D eigenvalue weighted by Crippen LogP contribution is 2.35. The second kappa shape index (κ2) is 3.39. The van der Waals surface area contributed by atoms with E-state index in [2.05, 4.69) is 18.2 Å². The zero-order valence-corrected chi connectivity index (χ0v) is 9.08. The van der Waals surface area contributed by atoms with Crippen LogP contribution in [0.25, 0.3) is 0 Å². The molecule has 0 aromatic carbocycles. The fourth-order valence-electron chi connectivity index (χ4n) is 2.52. The van der Waals surface area contributed by atoms with Crippen molar-refractivity contribution in [1.29, 1.82) is 0 Å². The molecule has 0 aliphatic heterocycles. The van der Waals surface area contributed by atoms with E-state index in [-0.39, 0.29) is 5.54 Å². The molecular weight excluding hydrogens is 174 g/mol. The van der Waals surface area contributed by atoms with Gasteiger partial charge < -0.3 is 5.73 Å². The van der Waals surface area contributed by atoms with E-state index in [0.29, 0.717) is 0 Å². The second-order valence-corrected chi connectivity index (χ2v) is 4.55. The molecule has 3 heteroatoms. The predicted molar refractivity (Wildman–Crippen MR) is 56.9 cm³/mol. The van der Waals surface area contributed by atoms with Gasteiger partial charge in [0.05, 0.1) is 11.2 Å². The first kappa shape index (κ1) is 9.71. The standard InChI is InChI=1S/C11H19N3/c1-9-8-14(2)13-10(9)11(12)6-4-3-5-7-11/h8H,3-7,12H2,1-2H3. The van der Waals surface area contributed by atoms with E-state index in [1.807, 2.05) is 11.7 Å². The highest BCUT2D eigenvalue weighted by Gasteiger charge is 2.32. The minimum Gasteiger partial charge on any atom is -0.320 e. The Morgan fingerprint density at radius 3 is 2.50 bits per heavy atom. The molecule has 0 spiro atoms. The molecule has 0 amide bonds. The zero-order chi connectivity index (χ0) is 10.2. The SMILES string of the molecule is Cc1cn(C)nc1C1(N)CCCCC1. The van der Waals surface area contributed by atoms with E-state index >= 15 is 0 Å². The Morgan fingerprint density at radius 1 is 1.36 bits per heavy atom. The molecule has 1 aromatic rings. The van der Waals surface area contributed by atoms with Crippen molar-refractivity contribution in [3.05, 3.63) is 17.5 Å². The van der Waals surface area contributed by atoms with Crippen molar-refractivity contribution in [2.24, 2.45) is 12.8 Å². The minimum absolute atomic E-state index is 0.149. The van der Waals surface area contributed by atoms with E-state index in [1.165, 1.54) is 24.8 Å². The quantitative estimate of drug-likeness (QED) is 0.739. The summed E-state index contributed by atoms with van der Waals surface area (Å²) in [4.78, 5) is 0. The maximum atomic E-state index is 6.42. The van der Waals surface area contributed by atoms with Crippen molar-refractivity contribution in [3.63, 3.8) is 0 Å². The topological polar surface area (TPSA) is 43.8 Å². The summed E-state index contributed by atoms with van der Waals surface area (Å²) in [6, 6.07) is 0. The van der Waals surface area contributed by atoms with Crippen LogP contribution in [-0.2, 0) is 12.6 Å². The monoisotopic (exact) mass is 193 g/mol. The van der Waals surface area contributed by atoms with Gasteiger partial charge in [-0.2, -0.15) is 5.10 Å². The molecule has 0 radical (unpaired) electrons. The molecule has 0 atom stereocenters. The highest BCUT2D eigenvalue weighted by atomic mass is 15.3. The van der Waals surface area contributed by atoms with Crippen molar-refractivity contribution in [2.45, 2.75) is 44.6 Å². The molecule has 3 nitrogen and oxygen atoms in total. The normalized spacial score (nSPS) is 21.1. The Morgan fingerprint density at radius 2 is 2.00 bits per heavy atom. The fraction of sp³-hybridized carbons (Fsp3) is 0.727. The summed E-state index contributed by atoms with van der Waals surface area (Å²) in [5.41, 5.74) is 8.61. The molecule has 0 unspecified atom stereocenters. The van der Waals surface area contributed by atoms with Gasteiger partial charge in [0.15, 0.2) is 0 Å². The second-order valence-electron chi connectivity index (χ2n) is 4.55. The molecule has 2 rings (SSSR count). The van der Waals surface area contributed by atoms with Gasteiger partial charge in [0.2, 0.25) is 0 Å². The summed E-state index contributed by atoms with van der Waals surface area (Å²) in [7, 11) is 1.96. The largest absolute Gasteiger partial charge is 0.320 e. The number of aromatic nitrogens is 2. The predicted octanol–water partition coefficient (Wildman–Crippen LogP) is 1.85. The van der Waals surface area contributed by atoms with E-state index < -0.39 is 0 Å². The lowest BCUT2D eigenvalue weighted by Crippen LogP contribution is -2.39. The molecule has 1 aliphatic carbocycles. The summed E-state index contributed by atoms with van der Waals surface area (Å²) in [5.74, 6) is 0. The van der Waals surface area contributed by atoms with Crippen molar-refractivity contribution in [2.75, 3.05) is 0 Å². The average molecular weight is 193 g/mol. The minimum atomic E-state index is -0.149. The van der Waals surface area contributed by atoms with Crippen molar-refractivity contribution in [3.8, 4) is 0 Å². The highest BCUT2D eigenvalue weighted by molar-refractivity contribution is 5.24. The lowest BCUT2D eigenvalue weighted by Gasteiger charge is -2.32. The number of nitrogens with zero attached hydrogens (tertiary/aromatic N) is 2. The van der Waals surface area contributed by atoms with Gasteiger partial charge in [-0.25, -0.2) is 0 Å². The van der Waals surface area contributed by atoms with Crippen molar-refractivity contribution >= 4 is 0 Å². The lowest BCUT2D eigenvalue weighted by molar-refractivity contribution is 0.292. The number of hydrogen-bond donors (Lipinski definition) is 1. The van der Waals surface area contributed by atoms with Crippen LogP contribution in [0.2, 0.25) is 0 Å². The van der Waals surface area contributed by atoms with E-state index in [9.17, 15) is 0 Å². The van der Waals surface area contributed by atoms with Crippen LogP contribution in [-0.4, -0.2) is 9.78 Å². The van der Waals surface area contributed by atoms with E-state index in [4.69, 9.17) is 5.73 Å². The Kier molecular flexibility index (Phi) is 2.35. The number of rotatable bonds is 1. The molecule has 0 saturated heterocycles. The third-order valence-electron chi connectivity index (χ3n) is 3.23. The maximum Gasteiger partial charge on any atom is 0.0852 e. The third kappa shape index (κ3) is 1.57. The lowest BCUT2D eigenvalue weighted by atomic mass is 9.79. The summed E-state index contributed by atoms with van der Waals surface area (Å²) in [6.45, 7) is 2.10. The molecule has 1 fully saturated rings. The molecule has 1 saturated carbocycles. The Bertz CT molecular complexity index is 321. The maximum absolute atomic E-state index is 6.42. The molecule has 1 aliphatic rings. The summed E-state index contributed by atoms with van der Waals surface area (Å²) < 4.78 is 1.87. The Balaban J connectivity index is 2.32. The number of hydrogen-bond acceptors (Lipinski definition) is 2. The number of nitrogens with two attached hydrogens (primary N) is 1. The summed E-state index contributed by atoms with van der Waals surface area (Å²) >= 11 is 0. The van der Waals surface area contributed by atoms with E-state index in [1.54, 1.807) is 0 Å². The van der Waals surface area contributed by atoms with Gasteiger partial charge >= 0.3 is 0 Å². The first-order valence-electron chi connectivity index (χ1n) is 5.41. The molecular formula is C11H19N3. The van der Waals surface area contributed by atoms with Crippen LogP contribution < -0.4 is 5.73 Å². The van der Waals surface area contributed by atoms with Gasteiger partial charge in [0.1, 0.15) is 0 Å².